The van der Waals surface area contributed by atoms with Gasteiger partial charge in [-0.15, -0.1) is 0 Å². The molecule has 0 aliphatic carbocycles. The molecule has 0 spiro atoms. The van der Waals surface area contributed by atoms with Crippen LogP contribution in [0.4, 0.5) is 5.69 Å². The lowest BCUT2D eigenvalue weighted by Gasteiger charge is -2.38. The van der Waals surface area contributed by atoms with Crippen molar-refractivity contribution in [3.63, 3.8) is 0 Å². The largest absolute Gasteiger partial charge is 0.368 e. The third-order valence-electron chi connectivity index (χ3n) is 6.38. The van der Waals surface area contributed by atoms with Crippen LogP contribution in [0.1, 0.15) is 23.1 Å². The molecule has 0 radical (unpaired) electrons. The van der Waals surface area contributed by atoms with Gasteiger partial charge in [0.25, 0.3) is 0 Å². The second-order valence-electron chi connectivity index (χ2n) is 8.24. The minimum atomic E-state index is 0.163. The van der Waals surface area contributed by atoms with Crippen molar-refractivity contribution in [2.45, 2.75) is 26.8 Å². The summed E-state index contributed by atoms with van der Waals surface area (Å²) in [5.74, 6) is 0.521. The van der Waals surface area contributed by atoms with E-state index < -0.39 is 0 Å². The van der Waals surface area contributed by atoms with Gasteiger partial charge in [-0.05, 0) is 49.6 Å². The molecule has 1 atom stereocenters. The van der Waals surface area contributed by atoms with Crippen LogP contribution >= 0.6 is 0 Å². The third kappa shape index (κ3) is 4.07. The van der Waals surface area contributed by atoms with Crippen molar-refractivity contribution in [2.75, 3.05) is 44.2 Å². The van der Waals surface area contributed by atoms with E-state index in [4.69, 9.17) is 0 Å². The van der Waals surface area contributed by atoms with Crippen molar-refractivity contribution >= 4 is 11.6 Å². The van der Waals surface area contributed by atoms with Crippen molar-refractivity contribution in [1.82, 2.24) is 9.80 Å². The molecule has 0 aromatic heterocycles. The molecule has 28 heavy (non-hydrogen) atoms. The lowest BCUT2D eigenvalue weighted by atomic mass is 10.1. The van der Waals surface area contributed by atoms with Gasteiger partial charge in [-0.1, -0.05) is 42.5 Å². The van der Waals surface area contributed by atoms with Crippen molar-refractivity contribution in [2.24, 2.45) is 5.92 Å². The summed E-state index contributed by atoms with van der Waals surface area (Å²) in [6.45, 7) is 10.8. The van der Waals surface area contributed by atoms with Gasteiger partial charge in [0.15, 0.2) is 0 Å². The lowest BCUT2D eigenvalue weighted by molar-refractivity contribution is -0.135. The number of hydrogen-bond acceptors (Lipinski definition) is 3. The van der Waals surface area contributed by atoms with Gasteiger partial charge in [-0.25, -0.2) is 0 Å². The predicted molar refractivity (Wildman–Crippen MR) is 115 cm³/mol. The third-order valence-corrected chi connectivity index (χ3v) is 6.38. The standard InChI is InChI=1S/C24H31N3O/c1-19-7-6-10-23(20(19)2)26-13-15-27(16-14-26)24(28)22-11-12-25(18-22)17-21-8-4-3-5-9-21/h3-10,22H,11-18H2,1-2H3. The summed E-state index contributed by atoms with van der Waals surface area (Å²) >= 11 is 0. The van der Waals surface area contributed by atoms with Crippen molar-refractivity contribution in [1.29, 1.82) is 0 Å². The maximum Gasteiger partial charge on any atom is 0.227 e. The van der Waals surface area contributed by atoms with E-state index in [9.17, 15) is 4.79 Å². The van der Waals surface area contributed by atoms with Gasteiger partial charge in [0.2, 0.25) is 5.91 Å². The molecule has 2 heterocycles. The van der Waals surface area contributed by atoms with Gasteiger partial charge in [0.1, 0.15) is 0 Å². The number of rotatable bonds is 4. The maximum atomic E-state index is 13.0. The minimum Gasteiger partial charge on any atom is -0.368 e. The normalized spacial score (nSPS) is 20.6. The molecule has 2 aromatic rings. The summed E-state index contributed by atoms with van der Waals surface area (Å²) in [6, 6.07) is 17.1. The first-order valence-electron chi connectivity index (χ1n) is 10.5. The molecule has 4 nitrogen and oxygen atoms in total. The van der Waals surface area contributed by atoms with Gasteiger partial charge in [0, 0.05) is 45.0 Å². The quantitative estimate of drug-likeness (QED) is 0.816. The summed E-state index contributed by atoms with van der Waals surface area (Å²) in [4.78, 5) is 20.0. The average molecular weight is 378 g/mol. The molecule has 2 fully saturated rings. The number of amides is 1. The number of carbonyl (C=O) groups excluding carboxylic acids is 1. The molecule has 2 aliphatic rings. The van der Waals surface area contributed by atoms with Crippen LogP contribution in [-0.4, -0.2) is 55.0 Å². The van der Waals surface area contributed by atoms with Crippen LogP contribution in [0.25, 0.3) is 0 Å². The number of hydrogen-bond donors (Lipinski definition) is 0. The Bertz CT molecular complexity index is 812. The fourth-order valence-electron chi connectivity index (χ4n) is 4.52. The number of benzene rings is 2. The molecule has 0 N–H and O–H groups in total. The van der Waals surface area contributed by atoms with Crippen LogP contribution in [0.2, 0.25) is 0 Å². The fraction of sp³-hybridized carbons (Fsp3) is 0.458. The highest BCUT2D eigenvalue weighted by Crippen LogP contribution is 2.25. The number of likely N-dealkylation sites (tertiary alicyclic amines) is 1. The molecule has 0 saturated carbocycles. The number of nitrogens with zero attached hydrogens (tertiary/aromatic N) is 3. The van der Waals surface area contributed by atoms with E-state index >= 15 is 0 Å². The Kier molecular flexibility index (Phi) is 5.67. The Balaban J connectivity index is 1.30. The molecular formula is C24H31N3O. The summed E-state index contributed by atoms with van der Waals surface area (Å²) in [7, 11) is 0. The van der Waals surface area contributed by atoms with Crippen LogP contribution < -0.4 is 4.90 Å². The monoisotopic (exact) mass is 377 g/mol. The van der Waals surface area contributed by atoms with E-state index in [1.807, 2.05) is 0 Å². The number of piperazine rings is 1. The summed E-state index contributed by atoms with van der Waals surface area (Å²) in [5.41, 5.74) is 5.34. The Hall–Kier alpha value is -2.33. The topological polar surface area (TPSA) is 26.8 Å². The number of anilines is 1. The average Bonchev–Trinajstić information content (AvgIpc) is 3.19. The predicted octanol–water partition coefficient (Wildman–Crippen LogP) is 3.47. The van der Waals surface area contributed by atoms with Gasteiger partial charge < -0.3 is 9.80 Å². The molecule has 4 heteroatoms. The van der Waals surface area contributed by atoms with Crippen molar-refractivity contribution < 1.29 is 4.79 Å². The van der Waals surface area contributed by atoms with Crippen LogP contribution in [-0.2, 0) is 11.3 Å². The second-order valence-corrected chi connectivity index (χ2v) is 8.24. The molecule has 2 aliphatic heterocycles. The highest BCUT2D eigenvalue weighted by Gasteiger charge is 2.32. The first-order chi connectivity index (χ1) is 13.6. The second kappa shape index (κ2) is 8.36. The molecule has 148 valence electrons. The van der Waals surface area contributed by atoms with Crippen molar-refractivity contribution in [3.8, 4) is 0 Å². The first-order valence-corrected chi connectivity index (χ1v) is 10.5. The zero-order valence-corrected chi connectivity index (χ0v) is 17.1. The maximum absolute atomic E-state index is 13.0. The van der Waals surface area contributed by atoms with Crippen LogP contribution in [0.15, 0.2) is 48.5 Å². The van der Waals surface area contributed by atoms with E-state index in [1.54, 1.807) is 0 Å². The SMILES string of the molecule is Cc1cccc(N2CCN(C(=O)C3CCN(Cc4ccccc4)C3)CC2)c1C. The van der Waals surface area contributed by atoms with E-state index in [2.05, 4.69) is 77.1 Å². The number of carbonyl (C=O) groups is 1. The van der Waals surface area contributed by atoms with Gasteiger partial charge in [0.05, 0.1) is 5.92 Å². The van der Waals surface area contributed by atoms with Crippen LogP contribution in [0, 0.1) is 19.8 Å². The molecule has 0 bridgehead atoms. The van der Waals surface area contributed by atoms with Gasteiger partial charge in [-0.3, -0.25) is 9.69 Å². The highest BCUT2D eigenvalue weighted by molar-refractivity contribution is 5.79. The van der Waals surface area contributed by atoms with E-state index in [0.717, 1.165) is 52.2 Å². The van der Waals surface area contributed by atoms with Gasteiger partial charge >= 0.3 is 0 Å². The molecular weight excluding hydrogens is 346 g/mol. The lowest BCUT2D eigenvalue weighted by Crippen LogP contribution is -2.50. The van der Waals surface area contributed by atoms with E-state index in [-0.39, 0.29) is 5.92 Å². The van der Waals surface area contributed by atoms with E-state index in [1.165, 1.54) is 22.4 Å². The summed E-state index contributed by atoms with van der Waals surface area (Å²) in [6.07, 6.45) is 0.989. The van der Waals surface area contributed by atoms with E-state index in [0.29, 0.717) is 5.91 Å². The zero-order chi connectivity index (χ0) is 19.5. The molecule has 1 unspecified atom stereocenters. The molecule has 1 amide bonds. The fourth-order valence-corrected chi connectivity index (χ4v) is 4.52. The zero-order valence-electron chi connectivity index (χ0n) is 17.1. The smallest absolute Gasteiger partial charge is 0.227 e. The Morgan fingerprint density at radius 2 is 1.68 bits per heavy atom. The molecule has 2 aromatic carbocycles. The first kappa shape index (κ1) is 19.0. The van der Waals surface area contributed by atoms with Crippen molar-refractivity contribution in [3.05, 3.63) is 65.2 Å². The molecule has 4 rings (SSSR count). The summed E-state index contributed by atoms with van der Waals surface area (Å²) in [5, 5.41) is 0. The Morgan fingerprint density at radius 1 is 0.929 bits per heavy atom. The van der Waals surface area contributed by atoms with Crippen LogP contribution in [0.5, 0.6) is 0 Å². The highest BCUT2D eigenvalue weighted by atomic mass is 16.2. The van der Waals surface area contributed by atoms with Crippen LogP contribution in [0.3, 0.4) is 0 Å². The number of aryl methyl sites for hydroxylation is 1. The Morgan fingerprint density at radius 3 is 2.43 bits per heavy atom. The Labute approximate surface area is 168 Å². The summed E-state index contributed by atoms with van der Waals surface area (Å²) < 4.78 is 0. The molecule has 2 saturated heterocycles. The minimum absolute atomic E-state index is 0.163. The van der Waals surface area contributed by atoms with Gasteiger partial charge in [-0.2, -0.15) is 0 Å².